The second kappa shape index (κ2) is 6.26. The van der Waals surface area contributed by atoms with Gasteiger partial charge in [0.15, 0.2) is 0 Å². The molecule has 0 heterocycles. The van der Waals surface area contributed by atoms with Crippen LogP contribution >= 0.6 is 11.6 Å². The summed E-state index contributed by atoms with van der Waals surface area (Å²) in [7, 11) is -3.49. The zero-order valence-electron chi connectivity index (χ0n) is 10.7. The molecule has 0 fully saturated rings. The number of rotatable bonds is 5. The summed E-state index contributed by atoms with van der Waals surface area (Å²) in [5, 5.41) is 8.94. The van der Waals surface area contributed by atoms with Gasteiger partial charge in [-0.3, -0.25) is 0 Å². The standard InChI is InChI=1S/C14H15ClN2O2S/c15-14-4-2-1-3-12(14)9-17-13-7-5-11(6-8-13)10-20(16,18)19/h1-8,17H,9-10H2,(H2,16,18,19). The van der Waals surface area contributed by atoms with Gasteiger partial charge in [0.05, 0.1) is 5.75 Å². The molecule has 0 aliphatic rings. The molecule has 4 nitrogen and oxygen atoms in total. The molecule has 0 unspecified atom stereocenters. The summed E-state index contributed by atoms with van der Waals surface area (Å²) in [4.78, 5) is 0. The van der Waals surface area contributed by atoms with Gasteiger partial charge < -0.3 is 5.32 Å². The summed E-state index contributed by atoms with van der Waals surface area (Å²) in [6.45, 7) is 0.605. The van der Waals surface area contributed by atoms with Gasteiger partial charge in [0.25, 0.3) is 0 Å². The van der Waals surface area contributed by atoms with Crippen LogP contribution in [0.4, 0.5) is 5.69 Å². The lowest BCUT2D eigenvalue weighted by Crippen LogP contribution is -2.14. The van der Waals surface area contributed by atoms with E-state index in [9.17, 15) is 8.42 Å². The highest BCUT2D eigenvalue weighted by atomic mass is 35.5. The quantitative estimate of drug-likeness (QED) is 0.892. The largest absolute Gasteiger partial charge is 0.381 e. The fourth-order valence-electron chi connectivity index (χ4n) is 1.79. The molecule has 0 bridgehead atoms. The Morgan fingerprint density at radius 3 is 2.30 bits per heavy atom. The fourth-order valence-corrected chi connectivity index (χ4v) is 2.65. The smallest absolute Gasteiger partial charge is 0.213 e. The third kappa shape index (κ3) is 4.52. The first-order chi connectivity index (χ1) is 9.44. The minimum Gasteiger partial charge on any atom is -0.381 e. The first-order valence-corrected chi connectivity index (χ1v) is 8.10. The van der Waals surface area contributed by atoms with Crippen LogP contribution in [0.1, 0.15) is 11.1 Å². The lowest BCUT2D eigenvalue weighted by molar-refractivity contribution is 0.597. The molecule has 3 N–H and O–H groups in total. The van der Waals surface area contributed by atoms with Crippen molar-refractivity contribution < 1.29 is 8.42 Å². The average molecular weight is 311 g/mol. The molecule has 2 rings (SSSR count). The van der Waals surface area contributed by atoms with Gasteiger partial charge in [0.1, 0.15) is 0 Å². The molecule has 0 atom stereocenters. The van der Waals surface area contributed by atoms with Crippen LogP contribution in [0.2, 0.25) is 5.02 Å². The van der Waals surface area contributed by atoms with Crippen LogP contribution in [-0.4, -0.2) is 8.42 Å². The van der Waals surface area contributed by atoms with Crippen molar-refractivity contribution in [2.45, 2.75) is 12.3 Å². The van der Waals surface area contributed by atoms with E-state index in [1.54, 1.807) is 12.1 Å². The Bertz CT molecular complexity index is 685. The molecular formula is C14H15ClN2O2S. The van der Waals surface area contributed by atoms with Crippen molar-refractivity contribution >= 4 is 27.3 Å². The summed E-state index contributed by atoms with van der Waals surface area (Å²) in [5.74, 6) is -0.155. The maximum atomic E-state index is 11.0. The van der Waals surface area contributed by atoms with E-state index in [0.717, 1.165) is 11.3 Å². The zero-order valence-corrected chi connectivity index (χ0v) is 12.3. The second-order valence-electron chi connectivity index (χ2n) is 4.45. The Kier molecular flexibility index (Phi) is 4.65. The van der Waals surface area contributed by atoms with Gasteiger partial charge in [-0.2, -0.15) is 0 Å². The van der Waals surface area contributed by atoms with Crippen molar-refractivity contribution in [3.8, 4) is 0 Å². The highest BCUT2D eigenvalue weighted by Gasteiger charge is 2.04. The van der Waals surface area contributed by atoms with E-state index in [4.69, 9.17) is 16.7 Å². The molecule has 0 aliphatic heterocycles. The topological polar surface area (TPSA) is 72.2 Å². The van der Waals surface area contributed by atoms with Gasteiger partial charge in [0.2, 0.25) is 10.0 Å². The SMILES string of the molecule is NS(=O)(=O)Cc1ccc(NCc2ccccc2Cl)cc1. The molecule has 6 heteroatoms. The van der Waals surface area contributed by atoms with Crippen LogP contribution in [0.15, 0.2) is 48.5 Å². The highest BCUT2D eigenvalue weighted by molar-refractivity contribution is 7.88. The highest BCUT2D eigenvalue weighted by Crippen LogP contribution is 2.17. The zero-order chi connectivity index (χ0) is 14.6. The maximum Gasteiger partial charge on any atom is 0.213 e. The minimum atomic E-state index is -3.49. The number of sulfonamides is 1. The van der Waals surface area contributed by atoms with Gasteiger partial charge in [0, 0.05) is 17.3 Å². The van der Waals surface area contributed by atoms with Gasteiger partial charge in [-0.05, 0) is 29.3 Å². The summed E-state index contributed by atoms with van der Waals surface area (Å²) in [6.07, 6.45) is 0. The second-order valence-corrected chi connectivity index (χ2v) is 6.47. The molecule has 2 aromatic rings. The van der Waals surface area contributed by atoms with Crippen molar-refractivity contribution in [3.05, 3.63) is 64.7 Å². The Morgan fingerprint density at radius 1 is 1.05 bits per heavy atom. The van der Waals surface area contributed by atoms with Crippen molar-refractivity contribution in [3.63, 3.8) is 0 Å². The van der Waals surface area contributed by atoms with Crippen molar-refractivity contribution in [2.75, 3.05) is 5.32 Å². The van der Waals surface area contributed by atoms with Crippen LogP contribution in [0, 0.1) is 0 Å². The van der Waals surface area contributed by atoms with E-state index in [2.05, 4.69) is 5.32 Å². The van der Waals surface area contributed by atoms with Crippen LogP contribution in [-0.2, 0) is 22.3 Å². The number of hydrogen-bond donors (Lipinski definition) is 2. The number of anilines is 1. The van der Waals surface area contributed by atoms with E-state index >= 15 is 0 Å². The van der Waals surface area contributed by atoms with E-state index in [1.165, 1.54) is 0 Å². The van der Waals surface area contributed by atoms with E-state index in [0.29, 0.717) is 17.1 Å². The van der Waals surface area contributed by atoms with E-state index in [1.807, 2.05) is 36.4 Å². The summed E-state index contributed by atoms with van der Waals surface area (Å²) in [5.41, 5.74) is 2.56. The molecule has 0 saturated carbocycles. The summed E-state index contributed by atoms with van der Waals surface area (Å²) >= 11 is 6.07. The lowest BCUT2D eigenvalue weighted by atomic mass is 10.2. The maximum absolute atomic E-state index is 11.0. The van der Waals surface area contributed by atoms with Gasteiger partial charge in [-0.1, -0.05) is 41.9 Å². The van der Waals surface area contributed by atoms with Crippen molar-refractivity contribution in [1.29, 1.82) is 0 Å². The molecule has 106 valence electrons. The number of nitrogens with two attached hydrogens (primary N) is 1. The fraction of sp³-hybridized carbons (Fsp3) is 0.143. The molecule has 0 aliphatic carbocycles. The first-order valence-electron chi connectivity index (χ1n) is 6.01. The number of benzene rings is 2. The molecule has 0 aromatic heterocycles. The first kappa shape index (κ1) is 14.8. The number of nitrogens with one attached hydrogen (secondary N) is 1. The third-order valence-corrected chi connectivity index (χ3v) is 3.87. The predicted octanol–water partition coefficient (Wildman–Crippen LogP) is 2.74. The summed E-state index contributed by atoms with van der Waals surface area (Å²) < 4.78 is 22.0. The Labute approximate surface area is 123 Å². The molecular weight excluding hydrogens is 296 g/mol. The van der Waals surface area contributed by atoms with E-state index < -0.39 is 10.0 Å². The van der Waals surface area contributed by atoms with Crippen LogP contribution in [0.5, 0.6) is 0 Å². The molecule has 2 aromatic carbocycles. The minimum absolute atomic E-state index is 0.155. The molecule has 20 heavy (non-hydrogen) atoms. The van der Waals surface area contributed by atoms with Crippen LogP contribution in [0.25, 0.3) is 0 Å². The third-order valence-electron chi connectivity index (χ3n) is 2.76. The van der Waals surface area contributed by atoms with Crippen molar-refractivity contribution in [2.24, 2.45) is 5.14 Å². The van der Waals surface area contributed by atoms with Crippen molar-refractivity contribution in [1.82, 2.24) is 0 Å². The number of primary sulfonamides is 1. The number of halogens is 1. The molecule has 0 spiro atoms. The van der Waals surface area contributed by atoms with Gasteiger partial charge >= 0.3 is 0 Å². The van der Waals surface area contributed by atoms with Gasteiger partial charge in [-0.25, -0.2) is 13.6 Å². The Balaban J connectivity index is 1.99. The number of hydrogen-bond acceptors (Lipinski definition) is 3. The predicted molar refractivity (Wildman–Crippen MR) is 82.0 cm³/mol. The normalized spacial score (nSPS) is 11.3. The monoisotopic (exact) mass is 310 g/mol. The summed E-state index contributed by atoms with van der Waals surface area (Å²) in [6, 6.07) is 14.7. The van der Waals surface area contributed by atoms with Gasteiger partial charge in [-0.15, -0.1) is 0 Å². The molecule has 0 amide bonds. The molecule has 0 radical (unpaired) electrons. The van der Waals surface area contributed by atoms with E-state index in [-0.39, 0.29) is 5.75 Å². The van der Waals surface area contributed by atoms with Crippen LogP contribution in [0.3, 0.4) is 0 Å². The Hall–Kier alpha value is -1.56. The molecule has 0 saturated heterocycles. The van der Waals surface area contributed by atoms with Crippen LogP contribution < -0.4 is 10.5 Å². The lowest BCUT2D eigenvalue weighted by Gasteiger charge is -2.08. The average Bonchev–Trinajstić information content (AvgIpc) is 2.38. The Morgan fingerprint density at radius 2 is 1.70 bits per heavy atom.